The first-order valence-electron chi connectivity index (χ1n) is 21.9. The average molecular weight is 1480 g/mol. The van der Waals surface area contributed by atoms with Crippen LogP contribution in [0, 0.1) is 53.6 Å². The second-order valence-electron chi connectivity index (χ2n) is 15.7. The third kappa shape index (κ3) is 17.5. The molecule has 2 aliphatic carbocycles. The van der Waals surface area contributed by atoms with Crippen molar-refractivity contribution < 1.29 is 109 Å². The van der Waals surface area contributed by atoms with Crippen LogP contribution in [0.3, 0.4) is 0 Å². The predicted octanol–water partition coefficient (Wildman–Crippen LogP) is 8.90. The zero-order chi connectivity index (χ0) is 56.9. The molecular weight excluding hydrogens is 1440 g/mol. The Hall–Kier alpha value is -4.57. The molecule has 2 aromatic carbocycles. The quantitative estimate of drug-likeness (QED) is 0.0286. The Morgan fingerprint density at radius 3 is 1.51 bits per heavy atom. The number of ether oxygens (including phenoxy) is 2. The Bertz CT molecular complexity index is 3210. The largest absolute Gasteiger partial charge is 0.478 e. The fourth-order valence-electron chi connectivity index (χ4n) is 6.33. The number of carboxylic acids is 1. The van der Waals surface area contributed by atoms with Crippen LogP contribution in [0.5, 0.6) is 11.8 Å². The fraction of sp³-hybridized carbons (Fsp3) is 0.302. The summed E-state index contributed by atoms with van der Waals surface area (Å²) in [6.45, 7) is -0.258. The van der Waals surface area contributed by atoms with Crippen LogP contribution in [0.1, 0.15) is 60.6 Å². The first kappa shape index (κ1) is 61.3. The van der Waals surface area contributed by atoms with Gasteiger partial charge in [0.2, 0.25) is 21.8 Å². The van der Waals surface area contributed by atoms with Gasteiger partial charge >= 0.3 is 18.3 Å². The second-order valence-corrected chi connectivity index (χ2v) is 19.6. The summed E-state index contributed by atoms with van der Waals surface area (Å²) in [7, 11) is -4.38. The second kappa shape index (κ2) is 26.7. The molecule has 6 aromatic rings. The van der Waals surface area contributed by atoms with Crippen molar-refractivity contribution in [3.63, 3.8) is 0 Å². The molecule has 0 saturated heterocycles. The molecule has 4 aromatic heterocycles. The van der Waals surface area contributed by atoms with Crippen LogP contribution >= 0.6 is 45.8 Å². The number of nitrogens with two attached hydrogens (primary N) is 1. The summed E-state index contributed by atoms with van der Waals surface area (Å²) in [5.41, 5.74) is -3.70. The molecule has 4 N–H and O–H groups in total. The van der Waals surface area contributed by atoms with Gasteiger partial charge in [0.15, 0.2) is 11.6 Å². The minimum Gasteiger partial charge on any atom is -0.478 e. The summed E-state index contributed by atoms with van der Waals surface area (Å²) in [6, 6.07) is 16.8. The van der Waals surface area contributed by atoms with E-state index in [1.54, 1.807) is 4.72 Å². The van der Waals surface area contributed by atoms with E-state index in [2.05, 4.69) is 28.5 Å². The molecule has 2 aliphatic rings. The smallest absolute Gasteiger partial charge is 0.394 e. The Morgan fingerprint density at radius 2 is 1.16 bits per heavy atom. The first-order valence-corrected chi connectivity index (χ1v) is 25.9. The van der Waals surface area contributed by atoms with Crippen molar-refractivity contribution in [3.05, 3.63) is 130 Å². The number of hydrogen-bond acceptors (Lipinski definition) is 12. The summed E-state index contributed by atoms with van der Waals surface area (Å²) >= 11 is 13.8. The molecule has 2 saturated carbocycles. The Kier molecular flexibility index (Phi) is 21.8. The topological polar surface area (TPSA) is 241 Å². The van der Waals surface area contributed by atoms with Gasteiger partial charge in [-0.3, -0.25) is 4.79 Å². The minimum absolute atomic E-state index is 0. The summed E-state index contributed by atoms with van der Waals surface area (Å²) in [4.78, 5) is 31.1. The number of carbonyl (C=O) groups is 2. The number of carboxylic acid groups (broad SMARTS) is 1. The standard InChI is InChI=1S/C21H17ClF4N4O4S.C15H13ClF3N3O3.C6H6FNO2S.CH3I.BH.U/c22-18-15(19(31)29-35(32,33)14-3-1-2-13(23)12-14)4-5-16(27-18)30-10-6-17(28-30)34-11-9-20(7-8-20)21(24,25)26;16-12-9(13(23)24)1-2-10(20-12)22-7-3-11(21-22)25-8-6-14(4-5-14)15(17,18)19;7-5-2-1-3-6(4-5)11(8,9)10;1-2;;/h1-6,10,12H,7-9,11H2,(H,29,31);1-3,7H,4-6,8H2,(H,23,24);1-4H,(H2,8,9,10);1H3;1H;/i;;;2*1D;. The van der Waals surface area contributed by atoms with E-state index < -0.39 is 71.6 Å². The van der Waals surface area contributed by atoms with E-state index in [0.717, 1.165) is 30.3 Å². The Morgan fingerprint density at radius 1 is 0.760 bits per heavy atom. The van der Waals surface area contributed by atoms with E-state index in [0.29, 0.717) is 4.91 Å². The molecule has 0 spiro atoms. The predicted molar refractivity (Wildman–Crippen MR) is 261 cm³/mol. The number of nitrogens with zero attached hydrogens (tertiary/aromatic N) is 6. The van der Waals surface area contributed by atoms with Crippen LogP contribution in [-0.2, 0) is 20.0 Å². The van der Waals surface area contributed by atoms with E-state index in [4.69, 9.17) is 45.6 Å². The fourth-order valence-corrected chi connectivity index (χ4v) is 8.33. The number of benzene rings is 2. The molecule has 0 atom stereocenters. The van der Waals surface area contributed by atoms with E-state index in [-0.39, 0.29) is 133 Å². The number of halogens is 11. The van der Waals surface area contributed by atoms with Gasteiger partial charge in [0, 0.05) is 65.4 Å². The van der Waals surface area contributed by atoms with E-state index >= 15 is 0 Å². The molecule has 0 bridgehead atoms. The third-order valence-electron chi connectivity index (χ3n) is 10.8. The zero-order valence-electron chi connectivity index (χ0n) is 40.1. The average Bonchev–Trinajstić information content (AvgIpc) is 4.22. The molecule has 402 valence electrons. The van der Waals surface area contributed by atoms with Gasteiger partial charge in [-0.15, -0.1) is 10.2 Å². The third-order valence-corrected chi connectivity index (χ3v) is 13.6. The van der Waals surface area contributed by atoms with Gasteiger partial charge in [-0.05, 0) is 105 Å². The number of aromatic carboxylic acids is 1. The molecule has 75 heavy (non-hydrogen) atoms. The van der Waals surface area contributed by atoms with Crippen molar-refractivity contribution in [2.75, 3.05) is 18.1 Å². The number of rotatable bonds is 15. The van der Waals surface area contributed by atoms with Gasteiger partial charge in [-0.2, -0.15) is 26.3 Å². The maximum atomic E-state index is 13.3. The molecule has 0 unspecified atom stereocenters. The van der Waals surface area contributed by atoms with Crippen LogP contribution in [0.4, 0.5) is 35.1 Å². The monoisotopic (exact) mass is 1480 g/mol. The van der Waals surface area contributed by atoms with Crippen LogP contribution in [0.2, 0.25) is 10.3 Å². The van der Waals surface area contributed by atoms with Crippen molar-refractivity contribution in [1.29, 1.82) is 1.34 Å². The number of aromatic nitrogens is 6. The van der Waals surface area contributed by atoms with Gasteiger partial charge < -0.3 is 14.6 Å². The normalized spacial score (nSPS) is 14.3. The summed E-state index contributed by atoms with van der Waals surface area (Å²) in [6.07, 6.45) is -5.40. The van der Waals surface area contributed by atoms with Gasteiger partial charge in [-0.25, -0.2) is 59.6 Å². The minimum atomic E-state index is -4.36. The van der Waals surface area contributed by atoms with Crippen LogP contribution in [0.15, 0.2) is 107 Å². The molecule has 1 amide bonds. The van der Waals surface area contributed by atoms with Crippen molar-refractivity contribution in [1.82, 2.24) is 34.3 Å². The SMILES string of the molecule is NS(=O)(=O)c1cccc(F)c1.O=C(NS(=O)(=O)c1cccc(F)c1)c1ccc(-n2ccc(OCCC3(C(F)(F)F)CC3)n2)nc1Cl.O=C(O)c1ccc(-n2ccc(OCCC3(C(F)(F)F)CC3)n2)nc1Cl.[2H]CI.[2H][B].[U]. The number of carbonyl (C=O) groups excluding carboxylic acids is 1. The molecule has 8 rings (SSSR count). The molecule has 4 heterocycles. The van der Waals surface area contributed by atoms with Crippen LogP contribution in [0.25, 0.3) is 11.6 Å². The number of pyridine rings is 2. The molecule has 2 radical (unpaired) electrons. The number of amides is 1. The molecule has 2 fully saturated rings. The molecular formula is C43H40BCl2F8IN8O9S2U. The first-order chi connectivity index (χ1) is 35.5. The molecule has 32 heteroatoms. The number of alkyl halides is 7. The number of sulfonamides is 2. The summed E-state index contributed by atoms with van der Waals surface area (Å²) < 4.78 is 175. The van der Waals surface area contributed by atoms with Crippen LogP contribution < -0.4 is 19.3 Å². The number of primary sulfonamides is 1. The summed E-state index contributed by atoms with van der Waals surface area (Å²) in [5, 5.41) is 21.2. The zero-order valence-corrected chi connectivity index (χ0v) is 47.6. The van der Waals surface area contributed by atoms with Gasteiger partial charge in [0.05, 0.1) is 45.0 Å². The van der Waals surface area contributed by atoms with Gasteiger partial charge in [0.25, 0.3) is 15.9 Å². The molecule has 17 nitrogen and oxygen atoms in total. The van der Waals surface area contributed by atoms with E-state index in [9.17, 15) is 61.5 Å². The maximum absolute atomic E-state index is 13.3. The van der Waals surface area contributed by atoms with Crippen molar-refractivity contribution >= 4 is 86.1 Å². The summed E-state index contributed by atoms with van der Waals surface area (Å²) in [5.74, 6) is -3.06. The van der Waals surface area contributed by atoms with Gasteiger partial charge in [-0.1, -0.05) is 57.9 Å². The van der Waals surface area contributed by atoms with Crippen molar-refractivity contribution in [2.24, 2.45) is 16.0 Å². The number of nitrogens with one attached hydrogen (secondary N) is 1. The Labute approximate surface area is 475 Å². The molecule has 0 aliphatic heterocycles. The van der Waals surface area contributed by atoms with Crippen LogP contribution in [-0.4, -0.2) is 104 Å². The van der Waals surface area contributed by atoms with Crippen molar-refractivity contribution in [3.8, 4) is 23.4 Å². The van der Waals surface area contributed by atoms with E-state index in [1.807, 2.05) is 22.6 Å². The van der Waals surface area contributed by atoms with E-state index in [1.165, 1.54) is 76.4 Å². The van der Waals surface area contributed by atoms with Crippen molar-refractivity contribution in [2.45, 2.75) is 60.7 Å². The Balaban J connectivity index is 0.000000322. The van der Waals surface area contributed by atoms with Gasteiger partial charge in [0.1, 0.15) is 21.9 Å². The number of hydrogen-bond donors (Lipinski definition) is 3. The maximum Gasteiger partial charge on any atom is 0.394 e.